The quantitative estimate of drug-likeness (QED) is 0.438. The molecule has 36 heavy (non-hydrogen) atoms. The number of hydrogen-bond donors (Lipinski definition) is 3. The number of nitrogens with one attached hydrogen (secondary N) is 1. The molecule has 2 aromatic rings. The SMILES string of the molecule is CC(C)C[C@@H](C(=O)Nc1ccn(CC(C)(C)O)n1)N1CC(Oc2cccc(CC(C)(C)O)c2)=CC1=O. The molecule has 9 nitrogen and oxygen atoms in total. The van der Waals surface area contributed by atoms with Crippen LogP contribution >= 0.6 is 0 Å². The Kier molecular flexibility index (Phi) is 8.26. The number of amides is 2. The molecule has 1 atom stereocenters. The number of carbonyl (C=O) groups is 2. The van der Waals surface area contributed by atoms with Gasteiger partial charge in [0, 0.05) is 24.8 Å². The van der Waals surface area contributed by atoms with Gasteiger partial charge in [-0.1, -0.05) is 26.0 Å². The number of rotatable bonds is 11. The topological polar surface area (TPSA) is 117 Å². The normalized spacial score (nSPS) is 15.3. The summed E-state index contributed by atoms with van der Waals surface area (Å²) in [5.41, 5.74) is -0.867. The molecule has 0 saturated heterocycles. The Hall–Kier alpha value is -3.17. The van der Waals surface area contributed by atoms with Gasteiger partial charge in [-0.25, -0.2) is 0 Å². The smallest absolute Gasteiger partial charge is 0.251 e. The third kappa shape index (κ3) is 8.20. The van der Waals surface area contributed by atoms with Crippen LogP contribution in [0.3, 0.4) is 0 Å². The predicted octanol–water partition coefficient (Wildman–Crippen LogP) is 3.13. The molecule has 0 spiro atoms. The Morgan fingerprint density at radius 3 is 2.53 bits per heavy atom. The number of aliphatic hydroxyl groups is 2. The predicted molar refractivity (Wildman–Crippen MR) is 137 cm³/mol. The van der Waals surface area contributed by atoms with Crippen LogP contribution in [0.15, 0.2) is 48.4 Å². The molecule has 2 heterocycles. The summed E-state index contributed by atoms with van der Waals surface area (Å²) in [6, 6.07) is 8.36. The molecule has 9 heteroatoms. The molecule has 196 valence electrons. The van der Waals surface area contributed by atoms with Crippen molar-refractivity contribution < 1.29 is 24.5 Å². The van der Waals surface area contributed by atoms with E-state index >= 15 is 0 Å². The highest BCUT2D eigenvalue weighted by molar-refractivity contribution is 5.99. The molecule has 1 aromatic heterocycles. The van der Waals surface area contributed by atoms with Crippen molar-refractivity contribution in [2.45, 2.75) is 78.2 Å². The van der Waals surface area contributed by atoms with Gasteiger partial charge in [0.05, 0.1) is 24.3 Å². The molecular weight excluding hydrogens is 460 g/mol. The average Bonchev–Trinajstić information content (AvgIpc) is 3.29. The molecule has 3 N–H and O–H groups in total. The Morgan fingerprint density at radius 2 is 1.89 bits per heavy atom. The first kappa shape index (κ1) is 27.4. The van der Waals surface area contributed by atoms with Crippen molar-refractivity contribution in [1.29, 1.82) is 0 Å². The summed E-state index contributed by atoms with van der Waals surface area (Å²) in [5.74, 6) is 0.942. The summed E-state index contributed by atoms with van der Waals surface area (Å²) < 4.78 is 7.54. The maximum atomic E-state index is 13.2. The first-order chi connectivity index (χ1) is 16.7. The summed E-state index contributed by atoms with van der Waals surface area (Å²) >= 11 is 0. The molecule has 1 aromatic carbocycles. The molecule has 3 rings (SSSR count). The lowest BCUT2D eigenvalue weighted by Gasteiger charge is -2.28. The fourth-order valence-corrected chi connectivity index (χ4v) is 4.15. The molecular formula is C27H38N4O5. The minimum Gasteiger partial charge on any atom is -0.460 e. The van der Waals surface area contributed by atoms with E-state index in [1.807, 2.05) is 32.0 Å². The van der Waals surface area contributed by atoms with Gasteiger partial charge in [-0.3, -0.25) is 14.3 Å². The van der Waals surface area contributed by atoms with Crippen molar-refractivity contribution in [2.75, 3.05) is 11.9 Å². The highest BCUT2D eigenvalue weighted by atomic mass is 16.5. The zero-order chi connectivity index (χ0) is 26.7. The molecule has 0 fully saturated rings. The van der Waals surface area contributed by atoms with E-state index in [0.717, 1.165) is 5.56 Å². The van der Waals surface area contributed by atoms with E-state index in [1.54, 1.807) is 50.7 Å². The molecule has 1 aliphatic heterocycles. The van der Waals surface area contributed by atoms with Crippen LogP contribution in [0, 0.1) is 5.92 Å². The molecule has 0 radical (unpaired) electrons. The number of aromatic nitrogens is 2. The maximum absolute atomic E-state index is 13.2. The number of ether oxygens (including phenoxy) is 1. The Balaban J connectivity index is 1.69. The first-order valence-corrected chi connectivity index (χ1v) is 12.3. The van der Waals surface area contributed by atoms with E-state index in [2.05, 4.69) is 10.4 Å². The van der Waals surface area contributed by atoms with Crippen molar-refractivity contribution in [1.82, 2.24) is 14.7 Å². The van der Waals surface area contributed by atoms with Crippen molar-refractivity contribution in [3.05, 3.63) is 53.9 Å². The maximum Gasteiger partial charge on any atom is 0.251 e. The monoisotopic (exact) mass is 498 g/mol. The second-order valence-electron chi connectivity index (χ2n) is 11.2. The summed E-state index contributed by atoms with van der Waals surface area (Å²) in [7, 11) is 0. The van der Waals surface area contributed by atoms with Gasteiger partial charge < -0.3 is 25.2 Å². The van der Waals surface area contributed by atoms with Gasteiger partial charge in [-0.05, 0) is 57.7 Å². The van der Waals surface area contributed by atoms with Crippen LogP contribution in [0.1, 0.15) is 53.5 Å². The van der Waals surface area contributed by atoms with Gasteiger partial charge in [-0.15, -0.1) is 0 Å². The van der Waals surface area contributed by atoms with Crippen LogP contribution in [-0.2, 0) is 22.6 Å². The zero-order valence-electron chi connectivity index (χ0n) is 22.0. The van der Waals surface area contributed by atoms with E-state index in [9.17, 15) is 19.8 Å². The fraction of sp³-hybridized carbons (Fsp3) is 0.519. The van der Waals surface area contributed by atoms with Crippen LogP contribution in [0.25, 0.3) is 0 Å². The zero-order valence-corrected chi connectivity index (χ0v) is 22.0. The minimum absolute atomic E-state index is 0.171. The second-order valence-corrected chi connectivity index (χ2v) is 11.2. The summed E-state index contributed by atoms with van der Waals surface area (Å²) in [4.78, 5) is 27.6. The number of hydrogen-bond acceptors (Lipinski definition) is 6. The molecule has 0 aliphatic carbocycles. The third-order valence-corrected chi connectivity index (χ3v) is 5.49. The van der Waals surface area contributed by atoms with Gasteiger partial charge >= 0.3 is 0 Å². The van der Waals surface area contributed by atoms with Crippen molar-refractivity contribution in [3.8, 4) is 5.75 Å². The van der Waals surface area contributed by atoms with E-state index in [4.69, 9.17) is 4.74 Å². The average molecular weight is 499 g/mol. The lowest BCUT2D eigenvalue weighted by molar-refractivity contribution is -0.133. The van der Waals surface area contributed by atoms with Gasteiger partial charge in [0.2, 0.25) is 5.91 Å². The Labute approximate surface area is 212 Å². The highest BCUT2D eigenvalue weighted by Crippen LogP contribution is 2.25. The summed E-state index contributed by atoms with van der Waals surface area (Å²) in [5, 5.41) is 27.2. The van der Waals surface area contributed by atoms with Gasteiger partial charge in [0.15, 0.2) is 5.82 Å². The second kappa shape index (κ2) is 10.8. The molecule has 2 amide bonds. The van der Waals surface area contributed by atoms with Crippen LogP contribution in [0.4, 0.5) is 5.82 Å². The Bertz CT molecular complexity index is 1110. The highest BCUT2D eigenvalue weighted by Gasteiger charge is 2.35. The van der Waals surface area contributed by atoms with Gasteiger partial charge in [-0.2, -0.15) is 5.10 Å². The van der Waals surface area contributed by atoms with E-state index in [0.29, 0.717) is 30.2 Å². The van der Waals surface area contributed by atoms with Crippen molar-refractivity contribution >= 4 is 17.6 Å². The number of benzene rings is 1. The Morgan fingerprint density at radius 1 is 1.17 bits per heavy atom. The largest absolute Gasteiger partial charge is 0.460 e. The van der Waals surface area contributed by atoms with E-state index in [-0.39, 0.29) is 30.8 Å². The van der Waals surface area contributed by atoms with Crippen LogP contribution in [0.5, 0.6) is 5.75 Å². The third-order valence-electron chi connectivity index (χ3n) is 5.49. The number of anilines is 1. The lowest BCUT2D eigenvalue weighted by atomic mass is 9.99. The molecule has 1 aliphatic rings. The van der Waals surface area contributed by atoms with Crippen LogP contribution < -0.4 is 10.1 Å². The van der Waals surface area contributed by atoms with Crippen molar-refractivity contribution in [3.63, 3.8) is 0 Å². The number of nitrogens with zero attached hydrogens (tertiary/aromatic N) is 3. The van der Waals surface area contributed by atoms with E-state index < -0.39 is 17.2 Å². The number of carbonyl (C=O) groups excluding carboxylic acids is 2. The lowest BCUT2D eigenvalue weighted by Crippen LogP contribution is -2.46. The molecule has 0 saturated carbocycles. The van der Waals surface area contributed by atoms with Gasteiger partial charge in [0.1, 0.15) is 17.6 Å². The van der Waals surface area contributed by atoms with Gasteiger partial charge in [0.25, 0.3) is 5.91 Å². The molecule has 0 unspecified atom stereocenters. The minimum atomic E-state index is -0.939. The van der Waals surface area contributed by atoms with Crippen LogP contribution in [-0.4, -0.2) is 60.5 Å². The van der Waals surface area contributed by atoms with Crippen LogP contribution in [0.2, 0.25) is 0 Å². The molecule has 0 bridgehead atoms. The van der Waals surface area contributed by atoms with Crippen molar-refractivity contribution in [2.24, 2.45) is 5.92 Å². The standard InChI is InChI=1S/C27H38N4O5/c1-18(2)12-22(25(33)28-23-10-11-30(29-23)17-27(5,6)35)31-16-21(14-24(31)32)36-20-9-7-8-19(13-20)15-26(3,4)34/h7-11,13-14,18,22,34-35H,12,15-17H2,1-6H3,(H,28,29,33)/t22-/m0/s1. The first-order valence-electron chi connectivity index (χ1n) is 12.3. The summed E-state index contributed by atoms with van der Waals surface area (Å²) in [6.07, 6.45) is 4.05. The summed E-state index contributed by atoms with van der Waals surface area (Å²) in [6.45, 7) is 11.3. The van der Waals surface area contributed by atoms with E-state index in [1.165, 1.54) is 11.0 Å². The fourth-order valence-electron chi connectivity index (χ4n) is 4.15.